The second-order valence-corrected chi connectivity index (χ2v) is 5.20. The fourth-order valence-electron chi connectivity index (χ4n) is 2.10. The summed E-state index contributed by atoms with van der Waals surface area (Å²) in [6.45, 7) is 2.72. The molecule has 6 nitrogen and oxygen atoms in total. The smallest absolute Gasteiger partial charge is 0.193 e. The van der Waals surface area contributed by atoms with Crippen LogP contribution in [0, 0.1) is 0 Å². The average molecular weight is 290 g/mol. The summed E-state index contributed by atoms with van der Waals surface area (Å²) in [5.74, 6) is 1.23. The molecule has 2 aromatic heterocycles. The predicted molar refractivity (Wildman–Crippen MR) is 81.9 cm³/mol. The number of aromatic amines is 1. The van der Waals surface area contributed by atoms with Crippen LogP contribution in [0.2, 0.25) is 0 Å². The van der Waals surface area contributed by atoms with Crippen LogP contribution in [0.15, 0.2) is 46.1 Å². The van der Waals surface area contributed by atoms with E-state index in [0.29, 0.717) is 24.8 Å². The number of nitrogens with zero attached hydrogens (tertiary/aromatic N) is 2. The van der Waals surface area contributed by atoms with Crippen molar-refractivity contribution in [2.75, 3.05) is 20.6 Å². The van der Waals surface area contributed by atoms with Crippen molar-refractivity contribution >= 4 is 5.96 Å². The maximum atomic E-state index is 10.4. The quantitative estimate of drug-likeness (QED) is 0.576. The van der Waals surface area contributed by atoms with Gasteiger partial charge >= 0.3 is 0 Å². The van der Waals surface area contributed by atoms with E-state index < -0.39 is 5.60 Å². The van der Waals surface area contributed by atoms with Crippen LogP contribution in [0.25, 0.3) is 0 Å². The van der Waals surface area contributed by atoms with Crippen molar-refractivity contribution in [3.8, 4) is 0 Å². The lowest BCUT2D eigenvalue weighted by atomic mass is 10.0. The van der Waals surface area contributed by atoms with Gasteiger partial charge in [0.25, 0.3) is 0 Å². The summed E-state index contributed by atoms with van der Waals surface area (Å²) in [6, 6.07) is 7.49. The highest BCUT2D eigenvalue weighted by Crippen LogP contribution is 2.19. The van der Waals surface area contributed by atoms with E-state index in [1.54, 1.807) is 32.4 Å². The number of hydrogen-bond acceptors (Lipinski definition) is 3. The lowest BCUT2D eigenvalue weighted by Crippen LogP contribution is -2.44. The lowest BCUT2D eigenvalue weighted by molar-refractivity contribution is 0.0381. The highest BCUT2D eigenvalue weighted by atomic mass is 16.4. The molecule has 0 amide bonds. The van der Waals surface area contributed by atoms with Gasteiger partial charge in [-0.05, 0) is 31.2 Å². The number of H-pyrrole nitrogens is 1. The highest BCUT2D eigenvalue weighted by Gasteiger charge is 2.26. The zero-order valence-corrected chi connectivity index (χ0v) is 12.6. The molecule has 0 aromatic carbocycles. The van der Waals surface area contributed by atoms with Gasteiger partial charge < -0.3 is 24.7 Å². The number of nitrogens with one attached hydrogen (secondary N) is 2. The van der Waals surface area contributed by atoms with Crippen LogP contribution in [0.1, 0.15) is 18.4 Å². The minimum absolute atomic E-state index is 0.308. The molecular formula is C15H22N4O2. The molecule has 1 unspecified atom stereocenters. The number of guanidine groups is 1. The third-order valence-corrected chi connectivity index (χ3v) is 3.29. The molecule has 2 heterocycles. The molecule has 0 saturated heterocycles. The third-order valence-electron chi connectivity index (χ3n) is 3.29. The Morgan fingerprint density at radius 2 is 2.29 bits per heavy atom. The second-order valence-electron chi connectivity index (χ2n) is 5.20. The minimum atomic E-state index is -1.09. The molecule has 0 aliphatic carbocycles. The zero-order chi connectivity index (χ0) is 15.3. The van der Waals surface area contributed by atoms with Crippen LogP contribution in [0.4, 0.5) is 0 Å². The number of aromatic nitrogens is 1. The predicted octanol–water partition coefficient (Wildman–Crippen LogP) is 1.52. The van der Waals surface area contributed by atoms with Crippen molar-refractivity contribution in [3.05, 3.63) is 48.2 Å². The molecule has 6 heteroatoms. The van der Waals surface area contributed by atoms with Crippen molar-refractivity contribution in [3.63, 3.8) is 0 Å². The van der Waals surface area contributed by atoms with Crippen molar-refractivity contribution in [1.82, 2.24) is 15.2 Å². The van der Waals surface area contributed by atoms with Crippen molar-refractivity contribution in [2.45, 2.75) is 19.1 Å². The van der Waals surface area contributed by atoms with Gasteiger partial charge in [0.05, 0.1) is 19.4 Å². The topological polar surface area (TPSA) is 76.8 Å². The molecule has 0 radical (unpaired) electrons. The van der Waals surface area contributed by atoms with Gasteiger partial charge in [0, 0.05) is 26.0 Å². The molecule has 0 saturated carbocycles. The monoisotopic (exact) mass is 290 g/mol. The summed E-state index contributed by atoms with van der Waals surface area (Å²) in [7, 11) is 3.66. The van der Waals surface area contributed by atoms with Gasteiger partial charge in [-0.15, -0.1) is 0 Å². The molecule has 21 heavy (non-hydrogen) atoms. The van der Waals surface area contributed by atoms with Crippen molar-refractivity contribution < 1.29 is 9.52 Å². The Balaban J connectivity index is 1.93. The first-order valence-corrected chi connectivity index (χ1v) is 6.83. The number of furan rings is 1. The summed E-state index contributed by atoms with van der Waals surface area (Å²) in [4.78, 5) is 9.36. The van der Waals surface area contributed by atoms with Crippen LogP contribution in [-0.2, 0) is 12.1 Å². The van der Waals surface area contributed by atoms with Gasteiger partial charge in [0.15, 0.2) is 5.96 Å². The Hall–Kier alpha value is -2.21. The third kappa shape index (κ3) is 3.88. The van der Waals surface area contributed by atoms with Gasteiger partial charge in [0.2, 0.25) is 0 Å². The Morgan fingerprint density at radius 3 is 2.86 bits per heavy atom. The van der Waals surface area contributed by atoms with Gasteiger partial charge in [-0.2, -0.15) is 0 Å². The number of hydrogen-bond donors (Lipinski definition) is 3. The molecule has 0 aliphatic rings. The largest absolute Gasteiger partial charge is 0.466 e. The fraction of sp³-hybridized carbons (Fsp3) is 0.400. The lowest BCUT2D eigenvalue weighted by Gasteiger charge is -2.26. The molecule has 1 atom stereocenters. The van der Waals surface area contributed by atoms with Crippen LogP contribution < -0.4 is 5.32 Å². The Morgan fingerprint density at radius 1 is 1.48 bits per heavy atom. The van der Waals surface area contributed by atoms with Crippen LogP contribution >= 0.6 is 0 Å². The van der Waals surface area contributed by atoms with Gasteiger partial charge in [-0.3, -0.25) is 4.99 Å². The first kappa shape index (κ1) is 15.2. The SMILES string of the molecule is CN=C(NCC(C)(O)c1ccco1)N(C)Cc1ccc[nH]1. The normalized spacial score (nSPS) is 14.8. The summed E-state index contributed by atoms with van der Waals surface area (Å²) < 4.78 is 5.26. The van der Waals surface area contributed by atoms with E-state index in [1.807, 2.05) is 30.3 Å². The van der Waals surface area contributed by atoms with E-state index in [0.717, 1.165) is 5.69 Å². The second kappa shape index (κ2) is 6.49. The van der Waals surface area contributed by atoms with E-state index in [-0.39, 0.29) is 0 Å². The molecule has 0 bridgehead atoms. The summed E-state index contributed by atoms with van der Waals surface area (Å²) >= 11 is 0. The molecule has 3 N–H and O–H groups in total. The molecule has 0 aliphatic heterocycles. The first-order chi connectivity index (χ1) is 10.0. The van der Waals surface area contributed by atoms with Gasteiger partial charge in [-0.25, -0.2) is 0 Å². The van der Waals surface area contributed by atoms with Crippen LogP contribution in [0.3, 0.4) is 0 Å². The number of rotatable bonds is 5. The molecule has 0 fully saturated rings. The summed E-state index contributed by atoms with van der Waals surface area (Å²) in [5, 5.41) is 13.6. The number of aliphatic imine (C=N–C) groups is 1. The summed E-state index contributed by atoms with van der Waals surface area (Å²) in [6.07, 6.45) is 3.44. The van der Waals surface area contributed by atoms with Crippen molar-refractivity contribution in [2.24, 2.45) is 4.99 Å². The Labute approximate surface area is 124 Å². The van der Waals surface area contributed by atoms with Crippen LogP contribution in [0.5, 0.6) is 0 Å². The van der Waals surface area contributed by atoms with Crippen molar-refractivity contribution in [1.29, 1.82) is 0 Å². The molecule has 2 rings (SSSR count). The number of aliphatic hydroxyl groups is 1. The standard InChI is InChI=1S/C15H22N4O2/c1-15(20,13-7-5-9-21-13)11-18-14(16-2)19(3)10-12-6-4-8-17-12/h4-9,17,20H,10-11H2,1-3H3,(H,16,18). The summed E-state index contributed by atoms with van der Waals surface area (Å²) in [5.41, 5.74) is 0.00503. The molecular weight excluding hydrogens is 268 g/mol. The first-order valence-electron chi connectivity index (χ1n) is 6.83. The van der Waals surface area contributed by atoms with E-state index >= 15 is 0 Å². The molecule has 2 aromatic rings. The highest BCUT2D eigenvalue weighted by molar-refractivity contribution is 5.79. The van der Waals surface area contributed by atoms with Gasteiger partial charge in [-0.1, -0.05) is 0 Å². The zero-order valence-electron chi connectivity index (χ0n) is 12.6. The van der Waals surface area contributed by atoms with E-state index in [1.165, 1.54) is 0 Å². The fourth-order valence-corrected chi connectivity index (χ4v) is 2.10. The maximum absolute atomic E-state index is 10.4. The Kier molecular flexibility index (Phi) is 4.70. The van der Waals surface area contributed by atoms with Gasteiger partial charge in [0.1, 0.15) is 11.4 Å². The maximum Gasteiger partial charge on any atom is 0.193 e. The van der Waals surface area contributed by atoms with E-state index in [4.69, 9.17) is 4.42 Å². The molecule has 0 spiro atoms. The average Bonchev–Trinajstić information content (AvgIpc) is 3.12. The minimum Gasteiger partial charge on any atom is -0.466 e. The molecule has 114 valence electrons. The van der Waals surface area contributed by atoms with Crippen LogP contribution in [-0.4, -0.2) is 41.6 Å². The Bertz CT molecular complexity index is 559. The van der Waals surface area contributed by atoms with E-state index in [2.05, 4.69) is 15.3 Å². The van der Waals surface area contributed by atoms with E-state index in [9.17, 15) is 5.11 Å².